The van der Waals surface area contributed by atoms with Crippen molar-refractivity contribution in [3.63, 3.8) is 0 Å². The second kappa shape index (κ2) is 57.1. The lowest BCUT2D eigenvalue weighted by Gasteiger charge is -2.15. The number of nitro groups is 2. The lowest BCUT2D eigenvalue weighted by atomic mass is 10.1. The molecule has 0 aliphatic heterocycles. The number of aromatic hydroxyl groups is 2. The van der Waals surface area contributed by atoms with E-state index in [1.165, 1.54) is 95.4 Å². The van der Waals surface area contributed by atoms with E-state index >= 15 is 0 Å². The number of ether oxygens (including phenoxy) is 24. The number of benzene rings is 10. The molecule has 4 N–H and O–H groups in total. The number of methoxy groups -OCH3 is 20. The van der Waals surface area contributed by atoms with E-state index in [1.54, 1.807) is 120 Å². The van der Waals surface area contributed by atoms with Gasteiger partial charge < -0.3 is 134 Å². The summed E-state index contributed by atoms with van der Waals surface area (Å²) in [7, 11) is 32.1. The van der Waals surface area contributed by atoms with Crippen molar-refractivity contribution in [2.45, 2.75) is 26.1 Å². The average molecular weight is 1860 g/mol. The van der Waals surface area contributed by atoms with Gasteiger partial charge in [-0.1, -0.05) is 72.9 Å². The first-order valence-electron chi connectivity index (χ1n) is 40.1. The topological polar surface area (TPSA) is 423 Å². The Balaban J connectivity index is 0.000000323. The second-order valence-corrected chi connectivity index (χ2v) is 26.6. The van der Waals surface area contributed by atoms with Crippen LogP contribution in [0.4, 0.5) is 11.4 Å². The number of nitro benzene ring substituents is 2. The fourth-order valence-electron chi connectivity index (χ4n) is 12.3. The first-order valence-corrected chi connectivity index (χ1v) is 40.1. The van der Waals surface area contributed by atoms with Crippen LogP contribution in [0.5, 0.6) is 138 Å². The lowest BCUT2D eigenvalue weighted by molar-refractivity contribution is -0.386. The summed E-state index contributed by atoms with van der Waals surface area (Å²) in [6.07, 6.45) is 14.9. The van der Waals surface area contributed by atoms with E-state index in [0.717, 1.165) is 58.7 Å². The van der Waals surface area contributed by atoms with Crippen molar-refractivity contribution in [1.82, 2.24) is 0 Å². The van der Waals surface area contributed by atoms with Crippen molar-refractivity contribution in [3.8, 4) is 138 Å². The minimum Gasteiger partial charge on any atom is -0.504 e. The minimum absolute atomic E-state index is 0.0253. The molecule has 0 aliphatic carbocycles. The summed E-state index contributed by atoms with van der Waals surface area (Å²) in [5.41, 5.74) is 6.65. The van der Waals surface area contributed by atoms with Gasteiger partial charge in [-0.3, -0.25) is 29.8 Å². The Morgan fingerprint density at radius 1 is 0.254 bits per heavy atom. The van der Waals surface area contributed by atoms with Crippen LogP contribution in [-0.2, 0) is 32.3 Å². The van der Waals surface area contributed by atoms with Crippen molar-refractivity contribution in [2.75, 3.05) is 170 Å². The fourth-order valence-corrected chi connectivity index (χ4v) is 12.3. The van der Waals surface area contributed by atoms with E-state index in [4.69, 9.17) is 114 Å². The highest BCUT2D eigenvalue weighted by Crippen LogP contribution is 2.45. The molecule has 0 unspecified atom stereocenters. The Kier molecular flexibility index (Phi) is 46.3. The third kappa shape index (κ3) is 31.1. The molecule has 0 saturated heterocycles. The highest BCUT2D eigenvalue weighted by atomic mass is 16.6. The van der Waals surface area contributed by atoms with Crippen molar-refractivity contribution in [3.05, 3.63) is 221 Å². The number of nitrogens with zero attached hydrogens (tertiary/aromatic N) is 2. The fraction of sp³-hybridized carbons (Fsp3) is 0.286. The number of phenolic OH excluding ortho intramolecular Hbond substituents is 2. The van der Waals surface area contributed by atoms with Gasteiger partial charge in [0.05, 0.1) is 201 Å². The lowest BCUT2D eigenvalue weighted by Crippen LogP contribution is -2.09. The Morgan fingerprint density at radius 2 is 0.463 bits per heavy atom. The van der Waals surface area contributed by atoms with Crippen LogP contribution in [0.25, 0.3) is 48.6 Å². The molecule has 0 bridgehead atoms. The summed E-state index contributed by atoms with van der Waals surface area (Å²) in [5, 5.41) is 57.3. The van der Waals surface area contributed by atoms with Crippen molar-refractivity contribution < 1.29 is 154 Å². The maximum atomic E-state index is 11.9. The predicted molar refractivity (Wildman–Crippen MR) is 504 cm³/mol. The smallest absolute Gasteiger partial charge is 0.308 e. The van der Waals surface area contributed by atoms with Gasteiger partial charge in [0.2, 0.25) is 23.0 Å². The molecular formula is C98H114N2O34. The molecule has 0 spiro atoms. The van der Waals surface area contributed by atoms with Gasteiger partial charge in [0.25, 0.3) is 11.4 Å². The van der Waals surface area contributed by atoms with Crippen LogP contribution < -0.4 is 104 Å². The Bertz CT molecular complexity index is 5170. The number of aliphatic hydroxyl groups excluding tert-OH is 2. The molecule has 0 radical (unpaired) electrons. The molecule has 10 aromatic rings. The van der Waals surface area contributed by atoms with E-state index in [0.29, 0.717) is 103 Å². The molecule has 10 aromatic carbocycles. The average Bonchev–Trinajstić information content (AvgIpc) is 0.812. The number of hydrogen-bond donors (Lipinski definition) is 4. The molecule has 0 atom stereocenters. The summed E-state index contributed by atoms with van der Waals surface area (Å²) in [6.45, 7) is -0.399. The summed E-state index contributed by atoms with van der Waals surface area (Å²) < 4.78 is 128. The normalized spacial score (nSPS) is 10.4. The SMILES string of the molecule is CO.CO.COC(=O)CCOc1cc([N+](=O)[O-])c(COc2cc(/C=C/c3cc(OC)c(OC)c(OC)c3)ccc2OC)cc1OC.COC(=O)CCOc1cc([N+](=O)[O-])c(COc2cc(/C=C\c3cc(OC)c(OC)c(OC)c3)ccc2OC)cc1OC.COc1ccc(/C=C/c2cc(OC)c(OC)c(OC)c2)cc1O.COc1ccc(/C=C\c2cc(OC)c(OC)c(OC)c2)cc1O. The van der Waals surface area contributed by atoms with Gasteiger partial charge in [-0.2, -0.15) is 0 Å². The van der Waals surface area contributed by atoms with Gasteiger partial charge in [0, 0.05) is 14.2 Å². The zero-order chi connectivity index (χ0) is 98.9. The number of phenols is 2. The molecule has 0 aliphatic rings. The van der Waals surface area contributed by atoms with Gasteiger partial charge in [-0.15, -0.1) is 0 Å². The largest absolute Gasteiger partial charge is 0.504 e. The highest BCUT2D eigenvalue weighted by molar-refractivity contribution is 5.78. The van der Waals surface area contributed by atoms with Crippen LogP contribution in [0.15, 0.2) is 146 Å². The maximum absolute atomic E-state index is 11.9. The molecule has 0 aromatic heterocycles. The Hall–Kier alpha value is -16.0. The van der Waals surface area contributed by atoms with E-state index in [1.807, 2.05) is 121 Å². The number of carbonyl (C=O) groups is 2. The van der Waals surface area contributed by atoms with Crippen LogP contribution in [0, 0.1) is 20.2 Å². The van der Waals surface area contributed by atoms with E-state index < -0.39 is 21.8 Å². The highest BCUT2D eigenvalue weighted by Gasteiger charge is 2.25. The van der Waals surface area contributed by atoms with Crippen LogP contribution in [0.1, 0.15) is 68.5 Å². The Labute approximate surface area is 777 Å². The van der Waals surface area contributed by atoms with Gasteiger partial charge in [-0.05, 0) is 154 Å². The van der Waals surface area contributed by atoms with Crippen LogP contribution in [0.3, 0.4) is 0 Å². The summed E-state index contributed by atoms with van der Waals surface area (Å²) in [5.74, 6) is 9.01. The third-order valence-corrected chi connectivity index (χ3v) is 18.9. The zero-order valence-corrected chi connectivity index (χ0v) is 78.6. The molecule has 36 nitrogen and oxygen atoms in total. The number of carbonyl (C=O) groups excluding carboxylic acids is 2. The quantitative estimate of drug-likeness (QED) is 0.0119. The van der Waals surface area contributed by atoms with Crippen LogP contribution >= 0.6 is 0 Å². The van der Waals surface area contributed by atoms with Gasteiger partial charge in [-0.25, -0.2) is 0 Å². The van der Waals surface area contributed by atoms with Gasteiger partial charge in [0.15, 0.2) is 115 Å². The molecule has 0 amide bonds. The number of hydrogen-bond acceptors (Lipinski definition) is 34. The first kappa shape index (κ1) is 109. The first-order chi connectivity index (χ1) is 64.8. The molecule has 720 valence electrons. The molecule has 0 saturated carbocycles. The zero-order valence-electron chi connectivity index (χ0n) is 78.6. The van der Waals surface area contributed by atoms with Crippen molar-refractivity contribution >= 4 is 71.9 Å². The molecule has 0 fully saturated rings. The molecule has 134 heavy (non-hydrogen) atoms. The van der Waals surface area contributed by atoms with E-state index in [2.05, 4.69) is 9.47 Å². The minimum atomic E-state index is -0.543. The maximum Gasteiger partial charge on any atom is 0.308 e. The second-order valence-electron chi connectivity index (χ2n) is 26.6. The standard InChI is InChI=1S/2C30H33NO11.2C18H20O5.2CH4O/c2*1-35-23-10-9-19(7-8-20-14-27(37-3)30(40-6)28(15-20)38-4)13-25(23)42-18-21-16-24(36-2)26(17-22(21)31(33)34)41-12-11-29(32)39-5;2*1-20-15-8-7-12(9-14(15)19)5-6-13-10-16(21-2)18(23-4)17(11-13)22-3;2*1-2/h2*7-10,13-17H,11-12,18H2,1-6H3;2*5-11,19H,1-4H3;2*2H,1H3/b8-7+;8-7-;6-5+;6-5-;;. The summed E-state index contributed by atoms with van der Waals surface area (Å²) in [6, 6.07) is 41.1. The van der Waals surface area contributed by atoms with Gasteiger partial charge in [0.1, 0.15) is 13.2 Å². The molecule has 10 rings (SSSR count). The van der Waals surface area contributed by atoms with Gasteiger partial charge >= 0.3 is 11.9 Å². The number of rotatable bonds is 42. The monoisotopic (exact) mass is 1860 g/mol. The van der Waals surface area contributed by atoms with E-state index in [9.17, 15) is 40.0 Å². The summed E-state index contributed by atoms with van der Waals surface area (Å²) in [4.78, 5) is 45.4. The molecule has 0 heterocycles. The van der Waals surface area contributed by atoms with E-state index in [-0.39, 0.29) is 96.3 Å². The van der Waals surface area contributed by atoms with Crippen molar-refractivity contribution in [1.29, 1.82) is 0 Å². The van der Waals surface area contributed by atoms with Crippen LogP contribution in [-0.4, -0.2) is 212 Å². The van der Waals surface area contributed by atoms with Crippen LogP contribution in [0.2, 0.25) is 0 Å². The summed E-state index contributed by atoms with van der Waals surface area (Å²) >= 11 is 0. The predicted octanol–water partition coefficient (Wildman–Crippen LogP) is 17.1. The molecular weight excluding hydrogens is 1750 g/mol. The number of aliphatic hydroxyl groups is 2. The Morgan fingerprint density at radius 3 is 0.672 bits per heavy atom. The molecule has 36 heteroatoms. The van der Waals surface area contributed by atoms with Crippen molar-refractivity contribution in [2.24, 2.45) is 0 Å². The third-order valence-electron chi connectivity index (χ3n) is 18.9. The number of esters is 2.